The van der Waals surface area contributed by atoms with Gasteiger partial charge in [-0.3, -0.25) is 0 Å². The lowest BCUT2D eigenvalue weighted by atomic mass is 9.95. The minimum atomic E-state index is -0.747. The monoisotopic (exact) mass is 387 g/mol. The van der Waals surface area contributed by atoms with Crippen molar-refractivity contribution in [2.45, 2.75) is 25.5 Å². The molecule has 0 fully saturated rings. The van der Waals surface area contributed by atoms with E-state index in [0.717, 1.165) is 21.4 Å². The van der Waals surface area contributed by atoms with Crippen molar-refractivity contribution in [2.24, 2.45) is 4.99 Å². The maximum absolute atomic E-state index is 11.4. The molecule has 1 aliphatic heterocycles. The lowest BCUT2D eigenvalue weighted by molar-refractivity contribution is 0.221. The molecule has 4 aromatic rings. The molecule has 2 heterocycles. The highest BCUT2D eigenvalue weighted by molar-refractivity contribution is 7.26. The molecular formula is C24H21NO2S. The summed E-state index contributed by atoms with van der Waals surface area (Å²) < 4.78 is 8.22. The topological polar surface area (TPSA) is 41.8 Å². The first-order chi connectivity index (χ1) is 13.5. The molecular weight excluding hydrogens is 366 g/mol. The predicted octanol–water partition coefficient (Wildman–Crippen LogP) is 5.69. The van der Waals surface area contributed by atoms with Gasteiger partial charge in [0.05, 0.1) is 5.54 Å². The van der Waals surface area contributed by atoms with Crippen molar-refractivity contribution in [1.82, 2.24) is 0 Å². The van der Waals surface area contributed by atoms with Gasteiger partial charge in [0.1, 0.15) is 12.7 Å². The summed E-state index contributed by atoms with van der Waals surface area (Å²) in [6.07, 6.45) is -0.747. The van der Waals surface area contributed by atoms with Gasteiger partial charge in [-0.1, -0.05) is 54.6 Å². The third-order valence-corrected chi connectivity index (χ3v) is 6.42. The van der Waals surface area contributed by atoms with Crippen LogP contribution in [-0.4, -0.2) is 23.2 Å². The Morgan fingerprint density at radius 3 is 2.46 bits per heavy atom. The highest BCUT2D eigenvalue weighted by atomic mass is 32.1. The number of hydrogen-bond donors (Lipinski definition) is 1. The van der Waals surface area contributed by atoms with Crippen LogP contribution in [-0.2, 0) is 4.74 Å². The van der Waals surface area contributed by atoms with Gasteiger partial charge < -0.3 is 9.84 Å². The van der Waals surface area contributed by atoms with Crippen molar-refractivity contribution in [2.75, 3.05) is 6.61 Å². The molecule has 5 rings (SSSR count). The minimum Gasteiger partial charge on any atom is -0.475 e. The van der Waals surface area contributed by atoms with Crippen molar-refractivity contribution in [1.29, 1.82) is 0 Å². The fraction of sp³-hybridized carbons (Fsp3) is 0.208. The molecule has 1 N–H and O–H groups in total. The van der Waals surface area contributed by atoms with E-state index in [-0.39, 0.29) is 5.54 Å². The molecule has 1 atom stereocenters. The lowest BCUT2D eigenvalue weighted by Crippen LogP contribution is -2.17. The zero-order valence-corrected chi connectivity index (χ0v) is 16.7. The summed E-state index contributed by atoms with van der Waals surface area (Å²) in [5, 5.41) is 13.8. The predicted molar refractivity (Wildman–Crippen MR) is 116 cm³/mol. The summed E-state index contributed by atoms with van der Waals surface area (Å²) in [5.74, 6) is 0.614. The number of rotatable bonds is 3. The first-order valence-electron chi connectivity index (χ1n) is 9.44. The molecule has 0 radical (unpaired) electrons. The zero-order chi connectivity index (χ0) is 19.3. The van der Waals surface area contributed by atoms with Gasteiger partial charge in [-0.05, 0) is 31.5 Å². The number of benzene rings is 3. The molecule has 0 bridgehead atoms. The quantitative estimate of drug-likeness (QED) is 0.490. The SMILES string of the molecule is CC1(C)COC(c2ccccc2C(O)c2cccc3c2sc2ccccc23)=N1. The molecule has 0 aliphatic carbocycles. The third kappa shape index (κ3) is 2.81. The Kier molecular flexibility index (Phi) is 4.00. The molecule has 0 saturated carbocycles. The number of hydrogen-bond acceptors (Lipinski definition) is 4. The van der Waals surface area contributed by atoms with Crippen molar-refractivity contribution < 1.29 is 9.84 Å². The van der Waals surface area contributed by atoms with Gasteiger partial charge in [0.15, 0.2) is 0 Å². The van der Waals surface area contributed by atoms with Gasteiger partial charge >= 0.3 is 0 Å². The van der Waals surface area contributed by atoms with Crippen LogP contribution in [0.3, 0.4) is 0 Å². The summed E-state index contributed by atoms with van der Waals surface area (Å²) in [7, 11) is 0. The van der Waals surface area contributed by atoms with Gasteiger partial charge in [0, 0.05) is 31.3 Å². The van der Waals surface area contributed by atoms with Gasteiger partial charge in [0.25, 0.3) is 0 Å². The molecule has 1 aliphatic rings. The smallest absolute Gasteiger partial charge is 0.217 e. The van der Waals surface area contributed by atoms with E-state index >= 15 is 0 Å². The Bertz CT molecular complexity index is 1220. The van der Waals surface area contributed by atoms with Gasteiger partial charge in [-0.15, -0.1) is 11.3 Å². The first-order valence-corrected chi connectivity index (χ1v) is 10.3. The van der Waals surface area contributed by atoms with Crippen molar-refractivity contribution in [3.05, 3.63) is 83.4 Å². The molecule has 140 valence electrons. The standard InChI is InChI=1S/C24H21NO2S/c1-24(2)14-27-23(25-24)18-10-4-3-9-16(18)21(26)19-12-7-11-17-15-8-5-6-13-20(15)28-22(17)19/h3-13,21,26H,14H2,1-2H3. The number of aliphatic hydroxyl groups is 1. The lowest BCUT2D eigenvalue weighted by Gasteiger charge is -2.16. The van der Waals surface area contributed by atoms with Gasteiger partial charge in [-0.2, -0.15) is 0 Å². The van der Waals surface area contributed by atoms with E-state index in [4.69, 9.17) is 9.73 Å². The second kappa shape index (κ2) is 6.43. The van der Waals surface area contributed by atoms with Gasteiger partial charge in [-0.25, -0.2) is 4.99 Å². The van der Waals surface area contributed by atoms with Crippen LogP contribution in [0.4, 0.5) is 0 Å². The van der Waals surface area contributed by atoms with Crippen LogP contribution in [0.1, 0.15) is 36.6 Å². The van der Waals surface area contributed by atoms with Crippen LogP contribution in [0.15, 0.2) is 71.7 Å². The molecule has 1 aromatic heterocycles. The van der Waals surface area contributed by atoms with Crippen LogP contribution >= 0.6 is 11.3 Å². The van der Waals surface area contributed by atoms with E-state index in [9.17, 15) is 5.11 Å². The average molecular weight is 388 g/mol. The molecule has 0 spiro atoms. The Balaban J connectivity index is 1.67. The summed E-state index contributed by atoms with van der Waals surface area (Å²) in [6.45, 7) is 4.66. The molecule has 3 nitrogen and oxygen atoms in total. The number of nitrogens with zero attached hydrogens (tertiary/aromatic N) is 1. The molecule has 1 unspecified atom stereocenters. The van der Waals surface area contributed by atoms with E-state index < -0.39 is 6.10 Å². The number of ether oxygens (including phenoxy) is 1. The van der Waals surface area contributed by atoms with Crippen LogP contribution in [0.2, 0.25) is 0 Å². The summed E-state index contributed by atoms with van der Waals surface area (Å²) in [6, 6.07) is 22.4. The fourth-order valence-electron chi connectivity index (χ4n) is 3.80. The Hall–Kier alpha value is -2.69. The van der Waals surface area contributed by atoms with E-state index in [1.807, 2.05) is 36.4 Å². The normalized spacial score (nSPS) is 16.9. The van der Waals surface area contributed by atoms with Crippen LogP contribution < -0.4 is 0 Å². The van der Waals surface area contributed by atoms with E-state index in [1.165, 1.54) is 15.5 Å². The molecule has 0 amide bonds. The summed E-state index contributed by atoms with van der Waals surface area (Å²) >= 11 is 1.73. The van der Waals surface area contributed by atoms with E-state index in [2.05, 4.69) is 44.2 Å². The third-order valence-electron chi connectivity index (χ3n) is 5.18. The molecule has 0 saturated heterocycles. The Labute approximate surface area is 167 Å². The zero-order valence-electron chi connectivity index (χ0n) is 15.8. The molecule has 3 aromatic carbocycles. The molecule has 4 heteroatoms. The van der Waals surface area contributed by atoms with E-state index in [1.54, 1.807) is 11.3 Å². The van der Waals surface area contributed by atoms with Crippen LogP contribution in [0.25, 0.3) is 20.2 Å². The highest BCUT2D eigenvalue weighted by Gasteiger charge is 2.29. The fourth-order valence-corrected chi connectivity index (χ4v) is 5.04. The van der Waals surface area contributed by atoms with Gasteiger partial charge in [0.2, 0.25) is 5.90 Å². The average Bonchev–Trinajstić information content (AvgIpc) is 3.27. The number of thiophene rings is 1. The molecule has 28 heavy (non-hydrogen) atoms. The number of fused-ring (bicyclic) bond motifs is 3. The minimum absolute atomic E-state index is 0.237. The Morgan fingerprint density at radius 1 is 0.929 bits per heavy atom. The van der Waals surface area contributed by atoms with Crippen LogP contribution in [0, 0.1) is 0 Å². The van der Waals surface area contributed by atoms with Crippen molar-refractivity contribution in [3.8, 4) is 0 Å². The van der Waals surface area contributed by atoms with E-state index in [0.29, 0.717) is 12.5 Å². The largest absolute Gasteiger partial charge is 0.475 e. The van der Waals surface area contributed by atoms with Crippen LogP contribution in [0.5, 0.6) is 0 Å². The Morgan fingerprint density at radius 2 is 1.64 bits per heavy atom. The summed E-state index contributed by atoms with van der Waals surface area (Å²) in [4.78, 5) is 4.71. The summed E-state index contributed by atoms with van der Waals surface area (Å²) in [5.41, 5.74) is 2.37. The number of aliphatic hydroxyl groups excluding tert-OH is 1. The second-order valence-corrected chi connectivity index (χ2v) is 8.88. The first kappa shape index (κ1) is 17.4. The van der Waals surface area contributed by atoms with Crippen molar-refractivity contribution >= 4 is 37.4 Å². The maximum atomic E-state index is 11.4. The highest BCUT2D eigenvalue weighted by Crippen LogP contribution is 2.40. The second-order valence-electron chi connectivity index (χ2n) is 7.83. The maximum Gasteiger partial charge on any atom is 0.217 e. The van der Waals surface area contributed by atoms with Crippen molar-refractivity contribution in [3.63, 3.8) is 0 Å². The number of aliphatic imine (C=N–C) groups is 1.